The second kappa shape index (κ2) is 12.6. The van der Waals surface area contributed by atoms with E-state index in [1.807, 2.05) is 53.4 Å². The first-order valence-corrected chi connectivity index (χ1v) is 13.7. The largest absolute Gasteiger partial charge is 0.496 e. The van der Waals surface area contributed by atoms with E-state index in [0.717, 1.165) is 88.3 Å². The van der Waals surface area contributed by atoms with Crippen LogP contribution in [0.1, 0.15) is 12.0 Å². The molecule has 9 heteroatoms. The Morgan fingerprint density at radius 2 is 1.70 bits per heavy atom. The minimum Gasteiger partial charge on any atom is -0.496 e. The average Bonchev–Trinajstić information content (AvgIpc) is 3.24. The Kier molecular flexibility index (Phi) is 8.78. The van der Waals surface area contributed by atoms with Crippen molar-refractivity contribution in [2.75, 3.05) is 77.7 Å². The van der Waals surface area contributed by atoms with Crippen LogP contribution in [-0.4, -0.2) is 93.7 Å². The number of hydrogen-bond acceptors (Lipinski definition) is 8. The Labute approximate surface area is 222 Å². The summed E-state index contributed by atoms with van der Waals surface area (Å²) in [6.07, 6.45) is 2.81. The lowest BCUT2D eigenvalue weighted by Gasteiger charge is -2.29. The van der Waals surface area contributed by atoms with Crippen LogP contribution in [0, 0.1) is 0 Å². The molecule has 5 rings (SSSR count). The fourth-order valence-electron chi connectivity index (χ4n) is 4.66. The molecule has 3 heterocycles. The van der Waals surface area contributed by atoms with Crippen molar-refractivity contribution in [3.8, 4) is 5.75 Å². The van der Waals surface area contributed by atoms with E-state index in [1.165, 1.54) is 11.8 Å². The van der Waals surface area contributed by atoms with E-state index in [9.17, 15) is 4.79 Å². The predicted molar refractivity (Wildman–Crippen MR) is 149 cm³/mol. The molecule has 3 saturated heterocycles. The molecule has 0 radical (unpaired) electrons. The van der Waals surface area contributed by atoms with Gasteiger partial charge in [0.1, 0.15) is 5.75 Å². The van der Waals surface area contributed by atoms with Crippen LogP contribution in [0.25, 0.3) is 6.08 Å². The molecule has 3 fully saturated rings. The second-order valence-electron chi connectivity index (χ2n) is 9.13. The van der Waals surface area contributed by atoms with Crippen LogP contribution < -0.4 is 9.64 Å². The van der Waals surface area contributed by atoms with Gasteiger partial charge in [-0.25, -0.2) is 4.99 Å². The van der Waals surface area contributed by atoms with E-state index < -0.39 is 0 Å². The molecule has 0 saturated carbocycles. The number of aliphatic imine (C=N–C) groups is 1. The molecule has 2 aromatic rings. The standard InChI is InChI=1S/C28H34N4O4S/c1-34-25-21-24(31-14-18-36-19-15-31)9-8-22(25)20-26-27(33)32(11-5-10-30-12-16-35-17-13-30)28(37-26)29-23-6-3-2-4-7-23/h2-4,6-9,20-21H,5,10-19H2,1H3/b26-20-,29-28?. The summed E-state index contributed by atoms with van der Waals surface area (Å²) in [6, 6.07) is 16.0. The third-order valence-corrected chi connectivity index (χ3v) is 7.72. The third-order valence-electron chi connectivity index (χ3n) is 6.71. The number of carbonyl (C=O) groups excluding carboxylic acids is 1. The first-order valence-electron chi connectivity index (χ1n) is 12.9. The van der Waals surface area contributed by atoms with Gasteiger partial charge in [-0.05, 0) is 48.5 Å². The Morgan fingerprint density at radius 1 is 0.973 bits per heavy atom. The van der Waals surface area contributed by atoms with Crippen molar-refractivity contribution < 1.29 is 19.0 Å². The highest BCUT2D eigenvalue weighted by Crippen LogP contribution is 2.36. The molecule has 0 aromatic heterocycles. The van der Waals surface area contributed by atoms with E-state index in [-0.39, 0.29) is 5.91 Å². The maximum absolute atomic E-state index is 13.6. The van der Waals surface area contributed by atoms with Gasteiger partial charge in [0.2, 0.25) is 0 Å². The summed E-state index contributed by atoms with van der Waals surface area (Å²) in [7, 11) is 1.67. The quantitative estimate of drug-likeness (QED) is 0.488. The van der Waals surface area contributed by atoms with Crippen LogP contribution in [0.15, 0.2) is 58.4 Å². The molecule has 196 valence electrons. The van der Waals surface area contributed by atoms with Crippen molar-refractivity contribution in [2.24, 2.45) is 4.99 Å². The molecule has 0 N–H and O–H groups in total. The number of amides is 1. The fraction of sp³-hybridized carbons (Fsp3) is 0.429. The van der Waals surface area contributed by atoms with Gasteiger partial charge in [-0.15, -0.1) is 0 Å². The zero-order valence-corrected chi connectivity index (χ0v) is 22.1. The van der Waals surface area contributed by atoms with E-state index in [1.54, 1.807) is 7.11 Å². The highest BCUT2D eigenvalue weighted by Gasteiger charge is 2.33. The van der Waals surface area contributed by atoms with Crippen molar-refractivity contribution >= 4 is 40.3 Å². The van der Waals surface area contributed by atoms with E-state index in [2.05, 4.69) is 15.9 Å². The van der Waals surface area contributed by atoms with Gasteiger partial charge in [0, 0.05) is 56.6 Å². The smallest absolute Gasteiger partial charge is 0.266 e. The van der Waals surface area contributed by atoms with Crippen LogP contribution in [0.4, 0.5) is 11.4 Å². The molecule has 2 aromatic carbocycles. The van der Waals surface area contributed by atoms with Gasteiger partial charge < -0.3 is 19.1 Å². The summed E-state index contributed by atoms with van der Waals surface area (Å²) in [4.78, 5) is 25.5. The Hall–Kier alpha value is -2.85. The maximum atomic E-state index is 13.6. The molecule has 0 bridgehead atoms. The summed E-state index contributed by atoms with van der Waals surface area (Å²) in [5.41, 5.74) is 2.82. The van der Waals surface area contributed by atoms with Crippen LogP contribution in [0.3, 0.4) is 0 Å². The molecule has 0 unspecified atom stereocenters. The third kappa shape index (κ3) is 6.54. The Bertz CT molecular complexity index is 1130. The first-order chi connectivity index (χ1) is 18.2. The highest BCUT2D eigenvalue weighted by molar-refractivity contribution is 8.18. The van der Waals surface area contributed by atoms with E-state index in [0.29, 0.717) is 16.6 Å². The number of para-hydroxylation sites is 1. The zero-order chi connectivity index (χ0) is 25.5. The molecular formula is C28H34N4O4S. The molecule has 0 atom stereocenters. The van der Waals surface area contributed by atoms with Gasteiger partial charge in [-0.1, -0.05) is 18.2 Å². The summed E-state index contributed by atoms with van der Waals surface area (Å²) in [5, 5.41) is 0.716. The normalized spacial score (nSPS) is 21.3. The lowest BCUT2D eigenvalue weighted by molar-refractivity contribution is -0.122. The number of rotatable bonds is 8. The number of nitrogens with zero attached hydrogens (tertiary/aromatic N) is 4. The van der Waals surface area contributed by atoms with Gasteiger partial charge in [-0.2, -0.15) is 0 Å². The second-order valence-corrected chi connectivity index (χ2v) is 10.1. The fourth-order valence-corrected chi connectivity index (χ4v) is 5.67. The monoisotopic (exact) mass is 522 g/mol. The lowest BCUT2D eigenvalue weighted by Crippen LogP contribution is -2.38. The number of morpholine rings is 2. The number of carbonyl (C=O) groups is 1. The van der Waals surface area contributed by atoms with Gasteiger partial charge in [0.15, 0.2) is 5.17 Å². The molecular weight excluding hydrogens is 488 g/mol. The van der Waals surface area contributed by atoms with Gasteiger partial charge in [0.25, 0.3) is 5.91 Å². The summed E-state index contributed by atoms with van der Waals surface area (Å²) < 4.78 is 16.7. The Balaban J connectivity index is 1.36. The topological polar surface area (TPSA) is 66.8 Å². The molecule has 0 aliphatic carbocycles. The number of anilines is 1. The van der Waals surface area contributed by atoms with Crippen molar-refractivity contribution in [3.63, 3.8) is 0 Å². The molecule has 3 aliphatic rings. The van der Waals surface area contributed by atoms with Crippen molar-refractivity contribution in [2.45, 2.75) is 6.42 Å². The highest BCUT2D eigenvalue weighted by atomic mass is 32.2. The number of methoxy groups -OCH3 is 1. The first kappa shape index (κ1) is 25.8. The zero-order valence-electron chi connectivity index (χ0n) is 21.3. The summed E-state index contributed by atoms with van der Waals surface area (Å²) in [5.74, 6) is 0.734. The number of thioether (sulfide) groups is 1. The van der Waals surface area contributed by atoms with Crippen LogP contribution in [0.5, 0.6) is 5.75 Å². The van der Waals surface area contributed by atoms with Crippen LogP contribution in [-0.2, 0) is 14.3 Å². The average molecular weight is 523 g/mol. The summed E-state index contributed by atoms with van der Waals surface area (Å²) in [6.45, 7) is 8.17. The predicted octanol–water partition coefficient (Wildman–Crippen LogP) is 3.86. The lowest BCUT2D eigenvalue weighted by atomic mass is 10.1. The minimum absolute atomic E-state index is 0.0130. The molecule has 8 nitrogen and oxygen atoms in total. The number of benzene rings is 2. The number of amidine groups is 1. The molecule has 1 amide bonds. The van der Waals surface area contributed by atoms with E-state index >= 15 is 0 Å². The number of ether oxygens (including phenoxy) is 3. The van der Waals surface area contributed by atoms with E-state index in [4.69, 9.17) is 19.2 Å². The van der Waals surface area contributed by atoms with Crippen LogP contribution in [0.2, 0.25) is 0 Å². The van der Waals surface area contributed by atoms with Gasteiger partial charge >= 0.3 is 0 Å². The van der Waals surface area contributed by atoms with Gasteiger partial charge in [-0.3, -0.25) is 14.6 Å². The maximum Gasteiger partial charge on any atom is 0.266 e. The molecule has 3 aliphatic heterocycles. The van der Waals surface area contributed by atoms with Gasteiger partial charge in [0.05, 0.1) is 44.1 Å². The summed E-state index contributed by atoms with van der Waals surface area (Å²) >= 11 is 1.43. The minimum atomic E-state index is -0.0130. The van der Waals surface area contributed by atoms with Crippen molar-refractivity contribution in [1.29, 1.82) is 0 Å². The molecule has 0 spiro atoms. The van der Waals surface area contributed by atoms with Crippen LogP contribution >= 0.6 is 11.8 Å². The Morgan fingerprint density at radius 3 is 2.43 bits per heavy atom. The SMILES string of the molecule is COc1cc(N2CCOCC2)ccc1/C=C1\SC(=Nc2ccccc2)N(CCCN2CCOCC2)C1=O. The van der Waals surface area contributed by atoms with Crippen molar-refractivity contribution in [1.82, 2.24) is 9.80 Å². The molecule has 37 heavy (non-hydrogen) atoms. The number of hydrogen-bond donors (Lipinski definition) is 0. The van der Waals surface area contributed by atoms with Crippen molar-refractivity contribution in [3.05, 3.63) is 59.0 Å².